The Hall–Kier alpha value is -2.62. The second-order valence-corrected chi connectivity index (χ2v) is 5.16. The highest BCUT2D eigenvalue weighted by atomic mass is 16.4. The van der Waals surface area contributed by atoms with Crippen LogP contribution in [0.4, 0.5) is 5.69 Å². The fourth-order valence-corrected chi connectivity index (χ4v) is 2.26. The van der Waals surface area contributed by atoms with Gasteiger partial charge in [0.1, 0.15) is 0 Å². The molecule has 0 unspecified atom stereocenters. The van der Waals surface area contributed by atoms with Gasteiger partial charge in [-0.25, -0.2) is 0 Å². The predicted molar refractivity (Wildman–Crippen MR) is 86.2 cm³/mol. The lowest BCUT2D eigenvalue weighted by atomic mass is 10.1. The monoisotopic (exact) mass is 297 g/mol. The van der Waals surface area contributed by atoms with Crippen LogP contribution in [0, 0.1) is 0 Å². The number of Topliss-reactive ketones (excluding diaryl/α,β-unsaturated/α-hetero) is 1. The Morgan fingerprint density at radius 1 is 1.05 bits per heavy atom. The second kappa shape index (κ2) is 7.41. The first-order valence-electron chi connectivity index (χ1n) is 7.18. The number of benzene rings is 2. The van der Waals surface area contributed by atoms with E-state index in [1.807, 2.05) is 53.4 Å². The van der Waals surface area contributed by atoms with Gasteiger partial charge < -0.3 is 10.0 Å². The van der Waals surface area contributed by atoms with Gasteiger partial charge in [0.15, 0.2) is 5.78 Å². The minimum absolute atomic E-state index is 0.000235. The van der Waals surface area contributed by atoms with E-state index < -0.39 is 5.97 Å². The molecule has 4 nitrogen and oxygen atoms in total. The number of ketones is 1. The van der Waals surface area contributed by atoms with E-state index in [2.05, 4.69) is 0 Å². The van der Waals surface area contributed by atoms with Gasteiger partial charge in [-0.1, -0.05) is 42.5 Å². The second-order valence-electron chi connectivity index (χ2n) is 5.16. The van der Waals surface area contributed by atoms with Gasteiger partial charge in [0.05, 0.1) is 6.42 Å². The molecular formula is C18H19NO3. The summed E-state index contributed by atoms with van der Waals surface area (Å²) in [5.74, 6) is -0.833. The van der Waals surface area contributed by atoms with Gasteiger partial charge in [0, 0.05) is 24.3 Å². The molecule has 0 atom stereocenters. The molecule has 114 valence electrons. The summed E-state index contributed by atoms with van der Waals surface area (Å²) in [6.07, 6.45) is 0.0527. The van der Waals surface area contributed by atoms with Gasteiger partial charge in [-0.2, -0.15) is 0 Å². The Labute approximate surface area is 130 Å². The maximum atomic E-state index is 11.5. The number of carbonyl (C=O) groups is 2. The van der Waals surface area contributed by atoms with E-state index in [0.717, 1.165) is 11.3 Å². The molecule has 0 aliphatic heterocycles. The summed E-state index contributed by atoms with van der Waals surface area (Å²) in [6, 6.07) is 17.2. The van der Waals surface area contributed by atoms with Crippen molar-refractivity contribution >= 4 is 17.4 Å². The van der Waals surface area contributed by atoms with Gasteiger partial charge in [-0.05, 0) is 24.6 Å². The van der Waals surface area contributed by atoms with Crippen molar-refractivity contribution in [3.63, 3.8) is 0 Å². The Morgan fingerprint density at radius 3 is 2.41 bits per heavy atom. The first-order valence-corrected chi connectivity index (χ1v) is 7.18. The minimum Gasteiger partial charge on any atom is -0.481 e. The molecule has 0 spiro atoms. The number of nitrogens with zero attached hydrogens (tertiary/aromatic N) is 1. The van der Waals surface area contributed by atoms with Crippen LogP contribution in [0.5, 0.6) is 0 Å². The van der Waals surface area contributed by atoms with Crippen LogP contribution in [0.15, 0.2) is 54.6 Å². The Balaban J connectivity index is 2.25. The lowest BCUT2D eigenvalue weighted by Gasteiger charge is -2.25. The van der Waals surface area contributed by atoms with E-state index in [1.54, 1.807) is 6.07 Å². The van der Waals surface area contributed by atoms with Crippen LogP contribution < -0.4 is 4.90 Å². The molecule has 4 heteroatoms. The summed E-state index contributed by atoms with van der Waals surface area (Å²) in [4.78, 5) is 24.4. The Morgan fingerprint density at radius 2 is 1.77 bits per heavy atom. The van der Waals surface area contributed by atoms with Crippen LogP contribution in [-0.2, 0) is 11.3 Å². The maximum absolute atomic E-state index is 11.5. The van der Waals surface area contributed by atoms with Crippen LogP contribution in [0.3, 0.4) is 0 Å². The maximum Gasteiger partial charge on any atom is 0.305 e. The van der Waals surface area contributed by atoms with E-state index in [9.17, 15) is 9.59 Å². The van der Waals surface area contributed by atoms with E-state index in [0.29, 0.717) is 18.7 Å². The fraction of sp³-hybridized carbons (Fsp3) is 0.222. The highest BCUT2D eigenvalue weighted by molar-refractivity contribution is 5.95. The standard InChI is InChI=1S/C18H19NO3/c1-14(20)16-8-5-9-17(12-16)19(11-10-18(21)22)13-15-6-3-2-4-7-15/h2-9,12H,10-11,13H2,1H3,(H,21,22). The normalized spacial score (nSPS) is 10.2. The fourth-order valence-electron chi connectivity index (χ4n) is 2.26. The molecule has 0 heterocycles. The smallest absolute Gasteiger partial charge is 0.305 e. The number of hydrogen-bond acceptors (Lipinski definition) is 3. The van der Waals surface area contributed by atoms with Gasteiger partial charge in [-0.15, -0.1) is 0 Å². The van der Waals surface area contributed by atoms with Crippen molar-refractivity contribution in [1.29, 1.82) is 0 Å². The van der Waals surface area contributed by atoms with Crippen molar-refractivity contribution in [3.8, 4) is 0 Å². The third-order valence-corrected chi connectivity index (χ3v) is 3.43. The van der Waals surface area contributed by atoms with Crippen molar-refractivity contribution in [2.24, 2.45) is 0 Å². The summed E-state index contributed by atoms with van der Waals surface area (Å²) in [7, 11) is 0. The summed E-state index contributed by atoms with van der Waals surface area (Å²) < 4.78 is 0. The number of aliphatic carboxylic acids is 1. The molecule has 0 bridgehead atoms. The predicted octanol–water partition coefficient (Wildman–Crippen LogP) is 3.37. The molecule has 2 aromatic carbocycles. The van der Waals surface area contributed by atoms with Crippen LogP contribution in [0.25, 0.3) is 0 Å². The zero-order valence-electron chi connectivity index (χ0n) is 12.5. The molecule has 0 saturated heterocycles. The lowest BCUT2D eigenvalue weighted by molar-refractivity contribution is -0.136. The van der Waals surface area contributed by atoms with E-state index in [1.165, 1.54) is 6.92 Å². The third-order valence-electron chi connectivity index (χ3n) is 3.43. The number of hydrogen-bond donors (Lipinski definition) is 1. The van der Waals surface area contributed by atoms with Crippen molar-refractivity contribution < 1.29 is 14.7 Å². The number of carboxylic acid groups (broad SMARTS) is 1. The first kappa shape index (κ1) is 15.8. The minimum atomic E-state index is -0.833. The number of rotatable bonds is 7. The summed E-state index contributed by atoms with van der Waals surface area (Å²) in [6.45, 7) is 2.53. The highest BCUT2D eigenvalue weighted by Crippen LogP contribution is 2.19. The number of carbonyl (C=O) groups excluding carboxylic acids is 1. The highest BCUT2D eigenvalue weighted by Gasteiger charge is 2.11. The van der Waals surface area contributed by atoms with E-state index >= 15 is 0 Å². The first-order chi connectivity index (χ1) is 10.6. The van der Waals surface area contributed by atoms with Crippen LogP contribution in [-0.4, -0.2) is 23.4 Å². The van der Waals surface area contributed by atoms with Crippen LogP contribution in [0.1, 0.15) is 29.3 Å². The number of anilines is 1. The van der Waals surface area contributed by atoms with Crippen molar-refractivity contribution in [3.05, 3.63) is 65.7 Å². The molecule has 0 aliphatic carbocycles. The van der Waals surface area contributed by atoms with Crippen molar-refractivity contribution in [2.75, 3.05) is 11.4 Å². The lowest BCUT2D eigenvalue weighted by Crippen LogP contribution is -2.25. The van der Waals surface area contributed by atoms with Crippen LogP contribution >= 0.6 is 0 Å². The molecule has 0 aromatic heterocycles. The summed E-state index contributed by atoms with van der Waals surface area (Å²) in [5.41, 5.74) is 2.59. The SMILES string of the molecule is CC(=O)c1cccc(N(CCC(=O)O)Cc2ccccc2)c1. The molecule has 0 radical (unpaired) electrons. The van der Waals surface area contributed by atoms with Crippen molar-refractivity contribution in [1.82, 2.24) is 0 Å². The Bertz CT molecular complexity index is 652. The third kappa shape index (κ3) is 4.45. The largest absolute Gasteiger partial charge is 0.481 e. The molecule has 1 N–H and O–H groups in total. The Kier molecular flexibility index (Phi) is 5.31. The van der Waals surface area contributed by atoms with Crippen molar-refractivity contribution in [2.45, 2.75) is 19.9 Å². The molecule has 0 fully saturated rings. The van der Waals surface area contributed by atoms with Gasteiger partial charge in [-0.3, -0.25) is 9.59 Å². The zero-order valence-corrected chi connectivity index (χ0v) is 12.5. The average Bonchev–Trinajstić information content (AvgIpc) is 2.52. The summed E-state index contributed by atoms with van der Waals surface area (Å²) >= 11 is 0. The average molecular weight is 297 g/mol. The van der Waals surface area contributed by atoms with E-state index in [4.69, 9.17) is 5.11 Å². The molecule has 0 aliphatic rings. The molecule has 2 aromatic rings. The zero-order chi connectivity index (χ0) is 15.9. The molecular weight excluding hydrogens is 278 g/mol. The molecule has 0 amide bonds. The van der Waals surface area contributed by atoms with E-state index in [-0.39, 0.29) is 12.2 Å². The number of carboxylic acids is 1. The molecule has 0 saturated carbocycles. The van der Waals surface area contributed by atoms with Gasteiger partial charge >= 0.3 is 5.97 Å². The van der Waals surface area contributed by atoms with Crippen LogP contribution in [0.2, 0.25) is 0 Å². The van der Waals surface area contributed by atoms with Gasteiger partial charge in [0.25, 0.3) is 0 Å². The summed E-state index contributed by atoms with van der Waals surface area (Å²) in [5, 5.41) is 8.94. The molecule has 22 heavy (non-hydrogen) atoms. The topological polar surface area (TPSA) is 57.6 Å². The quantitative estimate of drug-likeness (QED) is 0.796. The molecule has 2 rings (SSSR count). The van der Waals surface area contributed by atoms with Gasteiger partial charge in [0.2, 0.25) is 0 Å².